The Morgan fingerprint density at radius 1 is 1.19 bits per heavy atom. The second kappa shape index (κ2) is 5.81. The van der Waals surface area contributed by atoms with Crippen LogP contribution in [-0.4, -0.2) is 21.5 Å². The predicted octanol–water partition coefficient (Wildman–Crippen LogP) is 5.32. The number of rotatable bonds is 3. The highest BCUT2D eigenvalue weighted by Gasteiger charge is 2.53. The molecule has 3 saturated carbocycles. The van der Waals surface area contributed by atoms with Gasteiger partial charge in [-0.3, -0.25) is 4.40 Å². The van der Waals surface area contributed by atoms with Gasteiger partial charge in [0, 0.05) is 34.8 Å². The Hall–Kier alpha value is -1.88. The van der Waals surface area contributed by atoms with Gasteiger partial charge in [0.2, 0.25) is 5.88 Å². The van der Waals surface area contributed by atoms with Crippen LogP contribution in [0.15, 0.2) is 29.9 Å². The number of imidazole rings is 1. The van der Waals surface area contributed by atoms with E-state index in [0.717, 1.165) is 28.3 Å². The Kier molecular flexibility index (Phi) is 3.46. The van der Waals surface area contributed by atoms with E-state index in [1.807, 2.05) is 12.3 Å². The summed E-state index contributed by atoms with van der Waals surface area (Å²) in [7, 11) is 1.65. The van der Waals surface area contributed by atoms with Crippen LogP contribution in [-0.2, 0) is 5.41 Å². The highest BCUT2D eigenvalue weighted by atomic mass is 32.1. The van der Waals surface area contributed by atoms with Crippen molar-refractivity contribution >= 4 is 16.3 Å². The van der Waals surface area contributed by atoms with Gasteiger partial charge in [0.1, 0.15) is 0 Å². The van der Waals surface area contributed by atoms with E-state index >= 15 is 0 Å². The molecule has 4 unspecified atom stereocenters. The molecule has 3 heterocycles. The molecule has 3 bridgehead atoms. The first-order chi connectivity index (χ1) is 13.2. The Morgan fingerprint density at radius 3 is 2.96 bits per heavy atom. The summed E-state index contributed by atoms with van der Waals surface area (Å²) in [6, 6.07) is 4.02. The van der Waals surface area contributed by atoms with Crippen LogP contribution in [0.4, 0.5) is 0 Å². The SMILES string of the molecule is COc1ccc(-c2csc3nc(C45CC6CCCC(C4)C(C6)C5)cn23)cn1. The topological polar surface area (TPSA) is 39.4 Å². The fourth-order valence-corrected chi connectivity index (χ4v) is 7.25. The smallest absolute Gasteiger partial charge is 0.212 e. The molecule has 140 valence electrons. The van der Waals surface area contributed by atoms with Gasteiger partial charge in [0.15, 0.2) is 4.96 Å². The summed E-state index contributed by atoms with van der Waals surface area (Å²) in [5.41, 5.74) is 4.01. The lowest BCUT2D eigenvalue weighted by Crippen LogP contribution is -2.31. The van der Waals surface area contributed by atoms with Gasteiger partial charge in [-0.2, -0.15) is 0 Å². The summed E-state index contributed by atoms with van der Waals surface area (Å²) in [6.07, 6.45) is 14.2. The number of pyridine rings is 1. The number of hydrogen-bond acceptors (Lipinski definition) is 4. The maximum absolute atomic E-state index is 5.20. The van der Waals surface area contributed by atoms with Crippen LogP contribution >= 0.6 is 11.3 Å². The van der Waals surface area contributed by atoms with Crippen LogP contribution < -0.4 is 4.74 Å². The summed E-state index contributed by atoms with van der Waals surface area (Å²) < 4.78 is 7.49. The Balaban J connectivity index is 1.41. The van der Waals surface area contributed by atoms with Crippen molar-refractivity contribution in [2.45, 2.75) is 50.4 Å². The number of thiazole rings is 1. The third-order valence-electron chi connectivity index (χ3n) is 7.47. The quantitative estimate of drug-likeness (QED) is 0.618. The third-order valence-corrected chi connectivity index (χ3v) is 8.31. The minimum absolute atomic E-state index is 0.347. The van der Waals surface area contributed by atoms with E-state index in [-0.39, 0.29) is 0 Å². The lowest BCUT2D eigenvalue weighted by Gasteiger charge is -2.36. The molecule has 3 aliphatic carbocycles. The van der Waals surface area contributed by atoms with Crippen LogP contribution in [0, 0.1) is 17.8 Å². The van der Waals surface area contributed by atoms with E-state index in [0.29, 0.717) is 11.3 Å². The first kappa shape index (κ1) is 16.1. The van der Waals surface area contributed by atoms with Crippen LogP contribution in [0.2, 0.25) is 0 Å². The van der Waals surface area contributed by atoms with E-state index in [9.17, 15) is 0 Å². The Labute approximate surface area is 163 Å². The fraction of sp³-hybridized carbons (Fsp3) is 0.545. The Bertz CT molecular complexity index is 987. The van der Waals surface area contributed by atoms with E-state index in [1.165, 1.54) is 56.3 Å². The molecule has 0 aliphatic heterocycles. The number of ether oxygens (including phenoxy) is 1. The van der Waals surface area contributed by atoms with Crippen molar-refractivity contribution in [3.8, 4) is 17.1 Å². The van der Waals surface area contributed by atoms with E-state index in [4.69, 9.17) is 9.72 Å². The molecule has 0 amide bonds. The molecule has 27 heavy (non-hydrogen) atoms. The van der Waals surface area contributed by atoms with E-state index in [1.54, 1.807) is 18.4 Å². The maximum Gasteiger partial charge on any atom is 0.212 e. The molecule has 4 nitrogen and oxygen atoms in total. The maximum atomic E-state index is 5.20. The predicted molar refractivity (Wildman–Crippen MR) is 107 cm³/mol. The number of hydrogen-bond donors (Lipinski definition) is 0. The molecule has 3 aliphatic rings. The highest BCUT2D eigenvalue weighted by molar-refractivity contribution is 7.15. The van der Waals surface area contributed by atoms with Crippen molar-refractivity contribution < 1.29 is 4.74 Å². The molecule has 4 atom stereocenters. The standard InChI is InChI=1S/C22H25N3OS/c1-26-20-6-5-16(11-23-20)18-13-27-21-24-19(12-25(18)21)22-8-14-3-2-4-15(9-22)17(7-14)10-22/h5-6,11-15,17H,2-4,7-10H2,1H3. The van der Waals surface area contributed by atoms with E-state index < -0.39 is 0 Å². The van der Waals surface area contributed by atoms with Gasteiger partial charge in [0.25, 0.3) is 0 Å². The van der Waals surface area contributed by atoms with Crippen LogP contribution in [0.25, 0.3) is 16.2 Å². The van der Waals surface area contributed by atoms with Crippen molar-refractivity contribution in [3.63, 3.8) is 0 Å². The Morgan fingerprint density at radius 2 is 2.11 bits per heavy atom. The van der Waals surface area contributed by atoms with Gasteiger partial charge in [-0.15, -0.1) is 11.3 Å². The zero-order chi connectivity index (χ0) is 18.0. The lowest BCUT2D eigenvalue weighted by molar-refractivity contribution is 0.215. The molecule has 6 rings (SSSR count). The van der Waals surface area contributed by atoms with Crippen molar-refractivity contribution in [1.82, 2.24) is 14.4 Å². The average Bonchev–Trinajstić information content (AvgIpc) is 3.31. The van der Waals surface area contributed by atoms with Crippen LogP contribution in [0.5, 0.6) is 5.88 Å². The van der Waals surface area contributed by atoms with Crippen molar-refractivity contribution in [1.29, 1.82) is 0 Å². The molecule has 3 fully saturated rings. The molecule has 0 aromatic carbocycles. The van der Waals surface area contributed by atoms with Crippen molar-refractivity contribution in [2.24, 2.45) is 17.8 Å². The highest BCUT2D eigenvalue weighted by Crippen LogP contribution is 2.60. The molecule has 0 saturated heterocycles. The van der Waals surface area contributed by atoms with Crippen molar-refractivity contribution in [2.75, 3.05) is 7.11 Å². The van der Waals surface area contributed by atoms with Gasteiger partial charge in [0.05, 0.1) is 18.5 Å². The summed E-state index contributed by atoms with van der Waals surface area (Å²) in [4.78, 5) is 10.6. The first-order valence-electron chi connectivity index (χ1n) is 10.2. The fourth-order valence-electron chi connectivity index (χ4n) is 6.37. The van der Waals surface area contributed by atoms with Crippen LogP contribution in [0.1, 0.15) is 50.6 Å². The average molecular weight is 380 g/mol. The number of methoxy groups -OCH3 is 1. The lowest BCUT2D eigenvalue weighted by atomic mass is 9.68. The molecule has 0 radical (unpaired) electrons. The molecular weight excluding hydrogens is 354 g/mol. The third kappa shape index (κ3) is 2.40. The second-order valence-electron chi connectivity index (χ2n) is 8.93. The van der Waals surface area contributed by atoms with Gasteiger partial charge in [-0.1, -0.05) is 19.3 Å². The number of nitrogens with zero attached hydrogens (tertiary/aromatic N) is 3. The molecular formula is C22H25N3OS. The minimum atomic E-state index is 0.347. The van der Waals surface area contributed by atoms with E-state index in [2.05, 4.69) is 27.0 Å². The normalized spacial score (nSPS) is 32.1. The van der Waals surface area contributed by atoms with Gasteiger partial charge >= 0.3 is 0 Å². The van der Waals surface area contributed by atoms with Gasteiger partial charge < -0.3 is 4.74 Å². The molecule has 0 N–H and O–H groups in total. The zero-order valence-corrected chi connectivity index (χ0v) is 16.5. The van der Waals surface area contributed by atoms with Gasteiger partial charge in [-0.05, 0) is 49.5 Å². The minimum Gasteiger partial charge on any atom is -0.481 e. The van der Waals surface area contributed by atoms with Gasteiger partial charge in [-0.25, -0.2) is 9.97 Å². The van der Waals surface area contributed by atoms with Crippen molar-refractivity contribution in [3.05, 3.63) is 35.6 Å². The monoisotopic (exact) mass is 379 g/mol. The molecule has 3 aromatic heterocycles. The summed E-state index contributed by atoms with van der Waals surface area (Å²) in [6.45, 7) is 0. The zero-order valence-electron chi connectivity index (χ0n) is 15.7. The number of aromatic nitrogens is 3. The van der Waals surface area contributed by atoms with Crippen LogP contribution in [0.3, 0.4) is 0 Å². The largest absolute Gasteiger partial charge is 0.481 e. The second-order valence-corrected chi connectivity index (χ2v) is 9.77. The first-order valence-corrected chi connectivity index (χ1v) is 11.1. The summed E-state index contributed by atoms with van der Waals surface area (Å²) in [5.74, 6) is 3.49. The molecule has 3 aromatic rings. The number of fused-ring (bicyclic) bond motifs is 3. The molecule has 5 heteroatoms. The summed E-state index contributed by atoms with van der Waals surface area (Å²) in [5, 5.41) is 2.19. The molecule has 0 spiro atoms. The summed E-state index contributed by atoms with van der Waals surface area (Å²) >= 11 is 1.74.